The van der Waals surface area contributed by atoms with Crippen molar-refractivity contribution in [2.45, 2.75) is 45.3 Å². The van der Waals surface area contributed by atoms with Crippen molar-refractivity contribution in [2.24, 2.45) is 0 Å². The zero-order valence-corrected chi connectivity index (χ0v) is 14.8. The third kappa shape index (κ3) is 7.18. The molecule has 3 nitrogen and oxygen atoms in total. The van der Waals surface area contributed by atoms with Crippen LogP contribution in [0.15, 0.2) is 24.3 Å². The average Bonchev–Trinajstić information content (AvgIpc) is 2.99. The van der Waals surface area contributed by atoms with Gasteiger partial charge in [-0.1, -0.05) is 24.0 Å². The Kier molecular flexibility index (Phi) is 6.65. The average molecular weight is 314 g/mol. The maximum Gasteiger partial charge on any atom is 0.120 e. The van der Waals surface area contributed by atoms with E-state index >= 15 is 0 Å². The van der Waals surface area contributed by atoms with E-state index in [4.69, 9.17) is 0 Å². The topological polar surface area (TPSA) is 26.7 Å². The second-order valence-corrected chi connectivity index (χ2v) is 7.15. The number of likely N-dealkylation sites (tertiary alicyclic amines) is 1. The van der Waals surface area contributed by atoms with E-state index < -0.39 is 5.60 Å². The first-order chi connectivity index (χ1) is 10.9. The molecule has 1 saturated heterocycles. The maximum absolute atomic E-state index is 9.63. The first-order valence-corrected chi connectivity index (χ1v) is 8.68. The molecule has 0 aliphatic carbocycles. The molecule has 1 heterocycles. The number of aliphatic hydroxyl groups is 1. The summed E-state index contributed by atoms with van der Waals surface area (Å²) >= 11 is 0. The molecule has 0 saturated carbocycles. The standard InChI is InChI=1S/C20H30N2O/c1-20(2,23)12-11-18-7-9-19(10-8-18)17-21(3)13-6-16-22-14-4-5-15-22/h7-10,23H,4-6,13-17H2,1-3H3. The van der Waals surface area contributed by atoms with E-state index in [1.165, 1.54) is 44.5 Å². The molecular weight excluding hydrogens is 284 g/mol. The molecule has 126 valence electrons. The molecule has 2 rings (SSSR count). The van der Waals surface area contributed by atoms with Gasteiger partial charge in [0, 0.05) is 12.1 Å². The van der Waals surface area contributed by atoms with Gasteiger partial charge in [-0.3, -0.25) is 0 Å². The van der Waals surface area contributed by atoms with E-state index in [9.17, 15) is 5.11 Å². The van der Waals surface area contributed by atoms with Gasteiger partial charge in [-0.15, -0.1) is 0 Å². The van der Waals surface area contributed by atoms with Gasteiger partial charge in [0.1, 0.15) is 5.60 Å². The van der Waals surface area contributed by atoms with Crippen molar-refractivity contribution in [1.82, 2.24) is 9.80 Å². The number of hydrogen-bond donors (Lipinski definition) is 1. The third-order valence-electron chi connectivity index (χ3n) is 4.13. The van der Waals surface area contributed by atoms with Crippen LogP contribution in [0.2, 0.25) is 0 Å². The normalized spacial score (nSPS) is 15.7. The number of hydrogen-bond acceptors (Lipinski definition) is 3. The van der Waals surface area contributed by atoms with Crippen molar-refractivity contribution in [3.63, 3.8) is 0 Å². The molecule has 0 radical (unpaired) electrons. The molecule has 0 unspecified atom stereocenters. The number of benzene rings is 1. The number of rotatable bonds is 6. The lowest BCUT2D eigenvalue weighted by Gasteiger charge is -2.19. The summed E-state index contributed by atoms with van der Waals surface area (Å²) in [5, 5.41) is 9.63. The summed E-state index contributed by atoms with van der Waals surface area (Å²) in [6.45, 7) is 9.32. The lowest BCUT2D eigenvalue weighted by Crippen LogP contribution is -2.26. The Labute approximate surface area is 141 Å². The Morgan fingerprint density at radius 2 is 1.83 bits per heavy atom. The summed E-state index contributed by atoms with van der Waals surface area (Å²) in [6.07, 6.45) is 3.99. The summed E-state index contributed by atoms with van der Waals surface area (Å²) in [4.78, 5) is 4.96. The first kappa shape index (κ1) is 18.0. The monoisotopic (exact) mass is 314 g/mol. The van der Waals surface area contributed by atoms with E-state index in [-0.39, 0.29) is 0 Å². The van der Waals surface area contributed by atoms with Crippen LogP contribution in [-0.4, -0.2) is 53.7 Å². The molecule has 1 aromatic rings. The van der Waals surface area contributed by atoms with Crippen molar-refractivity contribution in [1.29, 1.82) is 0 Å². The van der Waals surface area contributed by atoms with E-state index in [1.807, 2.05) is 12.1 Å². The highest BCUT2D eigenvalue weighted by molar-refractivity contribution is 5.37. The van der Waals surface area contributed by atoms with Gasteiger partial charge in [0.2, 0.25) is 0 Å². The minimum Gasteiger partial charge on any atom is -0.378 e. The van der Waals surface area contributed by atoms with E-state index in [0.717, 1.165) is 18.7 Å². The zero-order valence-electron chi connectivity index (χ0n) is 14.8. The van der Waals surface area contributed by atoms with Crippen LogP contribution in [0.1, 0.15) is 44.2 Å². The molecule has 23 heavy (non-hydrogen) atoms. The second kappa shape index (κ2) is 8.49. The van der Waals surface area contributed by atoms with Crippen LogP contribution in [0.3, 0.4) is 0 Å². The van der Waals surface area contributed by atoms with Crippen LogP contribution >= 0.6 is 0 Å². The molecule has 0 atom stereocenters. The van der Waals surface area contributed by atoms with Gasteiger partial charge in [0.25, 0.3) is 0 Å². The van der Waals surface area contributed by atoms with Gasteiger partial charge in [-0.05, 0) is 84.0 Å². The lowest BCUT2D eigenvalue weighted by atomic mass is 10.1. The highest BCUT2D eigenvalue weighted by Gasteiger charge is 2.11. The van der Waals surface area contributed by atoms with Crippen LogP contribution in [0.4, 0.5) is 0 Å². The lowest BCUT2D eigenvalue weighted by molar-refractivity contribution is 0.143. The van der Waals surface area contributed by atoms with Crippen LogP contribution in [-0.2, 0) is 6.54 Å². The quantitative estimate of drug-likeness (QED) is 0.818. The van der Waals surface area contributed by atoms with Crippen molar-refractivity contribution in [3.8, 4) is 11.8 Å². The summed E-state index contributed by atoms with van der Waals surface area (Å²) in [5.74, 6) is 5.86. The number of nitrogens with zero attached hydrogens (tertiary/aromatic N) is 2. The highest BCUT2D eigenvalue weighted by Crippen LogP contribution is 2.09. The molecule has 1 aliphatic heterocycles. The van der Waals surface area contributed by atoms with Crippen LogP contribution in [0.5, 0.6) is 0 Å². The summed E-state index contributed by atoms with van der Waals surface area (Å²) in [7, 11) is 2.19. The van der Waals surface area contributed by atoms with Crippen LogP contribution in [0.25, 0.3) is 0 Å². The molecule has 0 spiro atoms. The molecule has 3 heteroatoms. The Hall–Kier alpha value is -1.34. The second-order valence-electron chi connectivity index (χ2n) is 7.15. The van der Waals surface area contributed by atoms with Crippen molar-refractivity contribution in [2.75, 3.05) is 33.2 Å². The largest absolute Gasteiger partial charge is 0.378 e. The van der Waals surface area contributed by atoms with Gasteiger partial charge in [-0.2, -0.15) is 0 Å². The van der Waals surface area contributed by atoms with E-state index in [1.54, 1.807) is 13.8 Å². The van der Waals surface area contributed by atoms with Crippen molar-refractivity contribution >= 4 is 0 Å². The predicted octanol–water partition coefficient (Wildman–Crippen LogP) is 2.73. The Morgan fingerprint density at radius 1 is 1.17 bits per heavy atom. The predicted molar refractivity (Wildman–Crippen MR) is 96.2 cm³/mol. The smallest absolute Gasteiger partial charge is 0.120 e. The van der Waals surface area contributed by atoms with Crippen molar-refractivity contribution in [3.05, 3.63) is 35.4 Å². The molecule has 1 N–H and O–H groups in total. The Morgan fingerprint density at radius 3 is 2.43 bits per heavy atom. The van der Waals surface area contributed by atoms with Crippen molar-refractivity contribution < 1.29 is 5.11 Å². The molecular formula is C20H30N2O. The highest BCUT2D eigenvalue weighted by atomic mass is 16.3. The van der Waals surface area contributed by atoms with Crippen LogP contribution in [0, 0.1) is 11.8 Å². The fraction of sp³-hybridized carbons (Fsp3) is 0.600. The van der Waals surface area contributed by atoms with Gasteiger partial charge < -0.3 is 14.9 Å². The van der Waals surface area contributed by atoms with E-state index in [0.29, 0.717) is 0 Å². The van der Waals surface area contributed by atoms with Gasteiger partial charge in [0.15, 0.2) is 0 Å². The Balaban J connectivity index is 1.74. The SMILES string of the molecule is CN(CCCN1CCCC1)Cc1ccc(C#CC(C)(C)O)cc1. The fourth-order valence-electron chi connectivity index (χ4n) is 2.88. The summed E-state index contributed by atoms with van der Waals surface area (Å²) in [5.41, 5.74) is 1.32. The van der Waals surface area contributed by atoms with Gasteiger partial charge >= 0.3 is 0 Å². The molecule has 0 bridgehead atoms. The summed E-state index contributed by atoms with van der Waals surface area (Å²) in [6, 6.07) is 8.33. The molecule has 1 aromatic carbocycles. The van der Waals surface area contributed by atoms with Gasteiger partial charge in [-0.25, -0.2) is 0 Å². The third-order valence-corrected chi connectivity index (χ3v) is 4.13. The molecule has 1 aliphatic rings. The first-order valence-electron chi connectivity index (χ1n) is 8.68. The van der Waals surface area contributed by atoms with E-state index in [2.05, 4.69) is 40.8 Å². The van der Waals surface area contributed by atoms with Gasteiger partial charge in [0.05, 0.1) is 0 Å². The maximum atomic E-state index is 9.63. The molecule has 1 fully saturated rings. The fourth-order valence-corrected chi connectivity index (χ4v) is 2.88. The molecule has 0 aromatic heterocycles. The Bertz CT molecular complexity index is 527. The minimum atomic E-state index is -0.936. The zero-order chi connectivity index (χ0) is 16.7. The van der Waals surface area contributed by atoms with Crippen LogP contribution < -0.4 is 0 Å². The molecule has 0 amide bonds. The summed E-state index contributed by atoms with van der Waals surface area (Å²) < 4.78 is 0. The minimum absolute atomic E-state index is 0.936.